The van der Waals surface area contributed by atoms with Crippen molar-refractivity contribution in [3.63, 3.8) is 0 Å². The smallest absolute Gasteiger partial charge is 0.0764 e. The Balaban J connectivity index is 1.92. The van der Waals surface area contributed by atoms with Gasteiger partial charge in [0.1, 0.15) is 0 Å². The molecule has 108 valence electrons. The van der Waals surface area contributed by atoms with Crippen molar-refractivity contribution < 1.29 is 0 Å². The molecular formula is C16H24N4. The van der Waals surface area contributed by atoms with E-state index in [-0.39, 0.29) is 0 Å². The predicted octanol–water partition coefficient (Wildman–Crippen LogP) is 2.55. The number of benzene rings is 1. The van der Waals surface area contributed by atoms with Gasteiger partial charge in [0, 0.05) is 31.9 Å². The molecule has 0 spiro atoms. The number of aromatic nitrogens is 2. The fourth-order valence-corrected chi connectivity index (χ4v) is 2.17. The van der Waals surface area contributed by atoms with E-state index in [0.29, 0.717) is 12.6 Å². The fourth-order valence-electron chi connectivity index (χ4n) is 2.17. The normalized spacial score (nSPS) is 11.5. The molecular weight excluding hydrogens is 248 g/mol. The van der Waals surface area contributed by atoms with Gasteiger partial charge in [-0.2, -0.15) is 5.10 Å². The van der Waals surface area contributed by atoms with Gasteiger partial charge in [-0.15, -0.1) is 0 Å². The van der Waals surface area contributed by atoms with Crippen LogP contribution in [0.3, 0.4) is 0 Å². The highest BCUT2D eigenvalue weighted by atomic mass is 15.3. The number of nitrogens with two attached hydrogens (primary N) is 1. The first kappa shape index (κ1) is 14.8. The largest absolute Gasteiger partial charge is 0.326 e. The highest BCUT2D eigenvalue weighted by Gasteiger charge is 2.06. The van der Waals surface area contributed by atoms with Crippen LogP contribution in [0.2, 0.25) is 0 Å². The molecule has 0 radical (unpaired) electrons. The topological polar surface area (TPSA) is 47.1 Å². The van der Waals surface area contributed by atoms with Gasteiger partial charge in [-0.25, -0.2) is 0 Å². The SMILES string of the molecule is CC(C)n1ccc(CN(C)Cc2ccc(CN)cc2)n1. The quantitative estimate of drug-likeness (QED) is 0.879. The zero-order valence-electron chi connectivity index (χ0n) is 12.6. The molecule has 4 nitrogen and oxygen atoms in total. The van der Waals surface area contributed by atoms with E-state index < -0.39 is 0 Å². The van der Waals surface area contributed by atoms with Crippen LogP contribution in [-0.4, -0.2) is 21.7 Å². The molecule has 0 amide bonds. The molecule has 0 unspecified atom stereocenters. The van der Waals surface area contributed by atoms with Gasteiger partial charge in [-0.05, 0) is 38.1 Å². The van der Waals surface area contributed by atoms with Crippen molar-refractivity contribution in [2.24, 2.45) is 5.73 Å². The maximum Gasteiger partial charge on any atom is 0.0764 e. The summed E-state index contributed by atoms with van der Waals surface area (Å²) in [5.74, 6) is 0. The van der Waals surface area contributed by atoms with Crippen LogP contribution in [0.25, 0.3) is 0 Å². The fraction of sp³-hybridized carbons (Fsp3) is 0.438. The molecule has 2 rings (SSSR count). The maximum absolute atomic E-state index is 5.61. The van der Waals surface area contributed by atoms with E-state index in [9.17, 15) is 0 Å². The average Bonchev–Trinajstić information content (AvgIpc) is 2.88. The molecule has 1 aromatic carbocycles. The Kier molecular flexibility index (Phi) is 4.93. The minimum Gasteiger partial charge on any atom is -0.326 e. The summed E-state index contributed by atoms with van der Waals surface area (Å²) in [6, 6.07) is 11.0. The van der Waals surface area contributed by atoms with Gasteiger partial charge >= 0.3 is 0 Å². The Hall–Kier alpha value is -1.65. The molecule has 1 aromatic heterocycles. The van der Waals surface area contributed by atoms with E-state index in [1.54, 1.807) is 0 Å². The van der Waals surface area contributed by atoms with E-state index in [1.165, 1.54) is 11.1 Å². The zero-order valence-corrected chi connectivity index (χ0v) is 12.6. The number of rotatable bonds is 6. The van der Waals surface area contributed by atoms with E-state index in [2.05, 4.69) is 61.2 Å². The molecule has 0 aliphatic rings. The summed E-state index contributed by atoms with van der Waals surface area (Å²) in [6.45, 7) is 6.65. The van der Waals surface area contributed by atoms with Gasteiger partial charge in [0.25, 0.3) is 0 Å². The summed E-state index contributed by atoms with van der Waals surface area (Å²) < 4.78 is 2.00. The third-order valence-corrected chi connectivity index (χ3v) is 3.34. The third kappa shape index (κ3) is 3.92. The van der Waals surface area contributed by atoms with E-state index in [4.69, 9.17) is 5.73 Å². The molecule has 0 bridgehead atoms. The van der Waals surface area contributed by atoms with Crippen LogP contribution >= 0.6 is 0 Å². The van der Waals surface area contributed by atoms with Crippen molar-refractivity contribution in [1.82, 2.24) is 14.7 Å². The lowest BCUT2D eigenvalue weighted by Gasteiger charge is -2.15. The Morgan fingerprint density at radius 2 is 1.75 bits per heavy atom. The molecule has 0 aliphatic carbocycles. The first-order valence-corrected chi connectivity index (χ1v) is 7.09. The summed E-state index contributed by atoms with van der Waals surface area (Å²) in [7, 11) is 2.12. The van der Waals surface area contributed by atoms with Gasteiger partial charge in [0.15, 0.2) is 0 Å². The summed E-state index contributed by atoms with van der Waals surface area (Å²) in [6.07, 6.45) is 2.05. The maximum atomic E-state index is 5.61. The number of hydrogen-bond acceptors (Lipinski definition) is 3. The second-order valence-corrected chi connectivity index (χ2v) is 5.57. The number of nitrogens with zero attached hydrogens (tertiary/aromatic N) is 3. The second-order valence-electron chi connectivity index (χ2n) is 5.57. The zero-order chi connectivity index (χ0) is 14.5. The summed E-state index contributed by atoms with van der Waals surface area (Å²) in [5, 5.41) is 4.58. The summed E-state index contributed by atoms with van der Waals surface area (Å²) >= 11 is 0. The Bertz CT molecular complexity index is 528. The van der Waals surface area contributed by atoms with Crippen LogP contribution < -0.4 is 5.73 Å². The van der Waals surface area contributed by atoms with Crippen LogP contribution in [0, 0.1) is 0 Å². The predicted molar refractivity (Wildman–Crippen MR) is 82.1 cm³/mol. The second kappa shape index (κ2) is 6.68. The Morgan fingerprint density at radius 3 is 2.30 bits per heavy atom. The van der Waals surface area contributed by atoms with Gasteiger partial charge in [0.2, 0.25) is 0 Å². The lowest BCUT2D eigenvalue weighted by molar-refractivity contribution is 0.312. The van der Waals surface area contributed by atoms with E-state index >= 15 is 0 Å². The molecule has 2 aromatic rings. The van der Waals surface area contributed by atoms with E-state index in [1.807, 2.05) is 10.9 Å². The van der Waals surface area contributed by atoms with Crippen molar-refractivity contribution >= 4 is 0 Å². The van der Waals surface area contributed by atoms with Gasteiger partial charge in [0.05, 0.1) is 5.69 Å². The van der Waals surface area contributed by atoms with Crippen molar-refractivity contribution in [3.05, 3.63) is 53.3 Å². The van der Waals surface area contributed by atoms with Crippen LogP contribution in [0.4, 0.5) is 0 Å². The first-order valence-electron chi connectivity index (χ1n) is 7.09. The average molecular weight is 272 g/mol. The molecule has 0 saturated heterocycles. The molecule has 2 N–H and O–H groups in total. The van der Waals surface area contributed by atoms with E-state index in [0.717, 1.165) is 18.8 Å². The molecule has 1 heterocycles. The van der Waals surface area contributed by atoms with Gasteiger partial charge in [-0.3, -0.25) is 9.58 Å². The van der Waals surface area contributed by atoms with Crippen LogP contribution in [0.5, 0.6) is 0 Å². The van der Waals surface area contributed by atoms with Crippen LogP contribution in [0.1, 0.15) is 36.7 Å². The Morgan fingerprint density at radius 1 is 1.10 bits per heavy atom. The van der Waals surface area contributed by atoms with Gasteiger partial charge in [-0.1, -0.05) is 24.3 Å². The van der Waals surface area contributed by atoms with Gasteiger partial charge < -0.3 is 5.73 Å². The molecule has 0 saturated carbocycles. The monoisotopic (exact) mass is 272 g/mol. The highest BCUT2D eigenvalue weighted by Crippen LogP contribution is 2.10. The highest BCUT2D eigenvalue weighted by molar-refractivity contribution is 5.22. The number of hydrogen-bond donors (Lipinski definition) is 1. The van der Waals surface area contributed by atoms with Crippen molar-refractivity contribution in [2.45, 2.75) is 39.5 Å². The molecule has 0 atom stereocenters. The molecule has 0 aliphatic heterocycles. The van der Waals surface area contributed by atoms with Crippen LogP contribution in [0.15, 0.2) is 36.5 Å². The molecule has 4 heteroatoms. The van der Waals surface area contributed by atoms with Crippen molar-refractivity contribution in [1.29, 1.82) is 0 Å². The first-order chi connectivity index (χ1) is 9.58. The Labute approximate surface area is 121 Å². The minimum atomic E-state index is 0.415. The van der Waals surface area contributed by atoms with Crippen molar-refractivity contribution in [2.75, 3.05) is 7.05 Å². The minimum absolute atomic E-state index is 0.415. The molecule has 20 heavy (non-hydrogen) atoms. The van der Waals surface area contributed by atoms with Crippen molar-refractivity contribution in [3.8, 4) is 0 Å². The summed E-state index contributed by atoms with van der Waals surface area (Å²) in [4.78, 5) is 2.27. The van der Waals surface area contributed by atoms with Crippen LogP contribution in [-0.2, 0) is 19.6 Å². The lowest BCUT2D eigenvalue weighted by atomic mass is 10.1. The third-order valence-electron chi connectivity index (χ3n) is 3.34. The standard InChI is InChI=1S/C16H24N4/c1-13(2)20-9-8-16(18-20)12-19(3)11-15-6-4-14(10-17)5-7-15/h4-9,13H,10-12,17H2,1-3H3. The summed E-state index contributed by atoms with van der Waals surface area (Å²) in [5.41, 5.74) is 9.19. The lowest BCUT2D eigenvalue weighted by Crippen LogP contribution is -2.18. The molecule has 0 fully saturated rings.